The van der Waals surface area contributed by atoms with Gasteiger partial charge in [-0.2, -0.15) is 9.78 Å². The summed E-state index contributed by atoms with van der Waals surface area (Å²) in [5.41, 5.74) is 2.80. The number of unbranched alkanes of at least 4 members (excludes halogenated alkanes) is 3. The van der Waals surface area contributed by atoms with Crippen LogP contribution in [-0.4, -0.2) is 30.4 Å². The zero-order chi connectivity index (χ0) is 22.1. The average Bonchev–Trinajstić information content (AvgIpc) is 3.41. The number of rotatable bonds is 7. The van der Waals surface area contributed by atoms with Crippen molar-refractivity contribution in [2.24, 2.45) is 5.10 Å². The van der Waals surface area contributed by atoms with Gasteiger partial charge in [0, 0.05) is 6.54 Å². The van der Waals surface area contributed by atoms with Crippen molar-refractivity contribution in [1.82, 2.24) is 24.2 Å². The maximum absolute atomic E-state index is 13.6. The zero-order valence-electron chi connectivity index (χ0n) is 18.2. The first-order valence-electron chi connectivity index (χ1n) is 10.9. The molecule has 8 heteroatoms. The molecule has 162 valence electrons. The van der Waals surface area contributed by atoms with E-state index in [-0.39, 0.29) is 5.56 Å². The van der Waals surface area contributed by atoms with Gasteiger partial charge in [-0.3, -0.25) is 9.36 Å². The Hall–Kier alpha value is -3.81. The van der Waals surface area contributed by atoms with Crippen molar-refractivity contribution in [3.05, 3.63) is 64.6 Å². The summed E-state index contributed by atoms with van der Waals surface area (Å²) in [6.45, 7) is 4.67. The van der Waals surface area contributed by atoms with Crippen molar-refractivity contribution in [2.75, 3.05) is 0 Å². The third kappa shape index (κ3) is 3.47. The maximum Gasteiger partial charge on any atom is 0.265 e. The van der Waals surface area contributed by atoms with Crippen LogP contribution in [0.15, 0.2) is 57.0 Å². The highest BCUT2D eigenvalue weighted by molar-refractivity contribution is 6.04. The van der Waals surface area contributed by atoms with Crippen molar-refractivity contribution < 1.29 is 4.42 Å². The molecule has 1 aromatic carbocycles. The Bertz CT molecular complexity index is 1490. The minimum atomic E-state index is -0.106. The summed E-state index contributed by atoms with van der Waals surface area (Å²) in [4.78, 5) is 27.9. The van der Waals surface area contributed by atoms with Crippen LogP contribution in [0.2, 0.25) is 0 Å². The Balaban J connectivity index is 1.76. The molecule has 5 rings (SSSR count). The van der Waals surface area contributed by atoms with Gasteiger partial charge in [0.05, 0.1) is 23.5 Å². The Labute approximate surface area is 184 Å². The first kappa shape index (κ1) is 20.1. The smallest absolute Gasteiger partial charge is 0.265 e. The molecule has 0 aliphatic carbocycles. The van der Waals surface area contributed by atoms with E-state index in [1.165, 1.54) is 0 Å². The molecule has 0 bridgehead atoms. The van der Waals surface area contributed by atoms with E-state index in [0.717, 1.165) is 36.7 Å². The molecule has 4 aromatic heterocycles. The van der Waals surface area contributed by atoms with Crippen LogP contribution in [0.4, 0.5) is 0 Å². The first-order chi connectivity index (χ1) is 15.7. The molecule has 0 saturated carbocycles. The fourth-order valence-corrected chi connectivity index (χ4v) is 3.96. The highest BCUT2D eigenvalue weighted by Crippen LogP contribution is 2.25. The summed E-state index contributed by atoms with van der Waals surface area (Å²) >= 11 is 0. The molecular formula is C24H24N6O2. The fourth-order valence-electron chi connectivity index (χ4n) is 3.96. The standard InChI is InChI=1S/C24H24N6O2/c1-3-4-5-8-13-29-16(2)26-22-20(24(29)31)21-23(28-19-12-7-6-11-18(19)27-21)30(22)25-15-17-10-9-14-32-17/h6-7,9-12,14-15H,3-5,8,13H2,1-2H3. The topological polar surface area (TPSA) is 91.1 Å². The van der Waals surface area contributed by atoms with E-state index in [0.29, 0.717) is 40.3 Å². The van der Waals surface area contributed by atoms with E-state index < -0.39 is 0 Å². The molecule has 0 saturated heterocycles. The molecule has 5 aromatic rings. The number of hydrogen-bond acceptors (Lipinski definition) is 6. The highest BCUT2D eigenvalue weighted by Gasteiger charge is 2.21. The number of fused-ring (bicyclic) bond motifs is 4. The molecule has 4 heterocycles. The number of furan rings is 1. The molecule has 0 atom stereocenters. The number of para-hydroxylation sites is 2. The van der Waals surface area contributed by atoms with Crippen molar-refractivity contribution >= 4 is 39.4 Å². The summed E-state index contributed by atoms with van der Waals surface area (Å²) in [5, 5.41) is 5.00. The SMILES string of the molecule is CCCCCCn1c(C)nc2c(c1=O)c1nc3ccccc3nc1n2N=Cc1ccco1. The highest BCUT2D eigenvalue weighted by atomic mass is 16.3. The Morgan fingerprint density at radius 2 is 1.81 bits per heavy atom. The lowest BCUT2D eigenvalue weighted by Crippen LogP contribution is -2.24. The molecule has 32 heavy (non-hydrogen) atoms. The maximum atomic E-state index is 13.6. The predicted octanol–water partition coefficient (Wildman–Crippen LogP) is 4.66. The Kier molecular flexibility index (Phi) is 5.26. The summed E-state index contributed by atoms with van der Waals surface area (Å²) in [7, 11) is 0. The Morgan fingerprint density at radius 1 is 1.00 bits per heavy atom. The number of aromatic nitrogens is 5. The Morgan fingerprint density at radius 3 is 2.56 bits per heavy atom. The second kappa shape index (κ2) is 8.37. The lowest BCUT2D eigenvalue weighted by molar-refractivity contribution is 0.555. The second-order valence-corrected chi connectivity index (χ2v) is 7.83. The van der Waals surface area contributed by atoms with Gasteiger partial charge in [0.2, 0.25) is 0 Å². The van der Waals surface area contributed by atoms with E-state index >= 15 is 0 Å². The lowest BCUT2D eigenvalue weighted by Gasteiger charge is -2.09. The number of aryl methyl sites for hydroxylation is 1. The predicted molar refractivity (Wildman–Crippen MR) is 125 cm³/mol. The molecule has 0 radical (unpaired) electrons. The van der Waals surface area contributed by atoms with Crippen LogP contribution < -0.4 is 5.56 Å². The molecule has 0 aliphatic heterocycles. The van der Waals surface area contributed by atoms with Crippen molar-refractivity contribution in [3.8, 4) is 0 Å². The second-order valence-electron chi connectivity index (χ2n) is 7.83. The van der Waals surface area contributed by atoms with Gasteiger partial charge in [-0.05, 0) is 37.6 Å². The minimum absolute atomic E-state index is 0.106. The van der Waals surface area contributed by atoms with Crippen LogP contribution in [0, 0.1) is 6.92 Å². The molecule has 0 fully saturated rings. The quantitative estimate of drug-likeness (QED) is 0.278. The normalized spacial score (nSPS) is 12.1. The van der Waals surface area contributed by atoms with Crippen molar-refractivity contribution in [3.63, 3.8) is 0 Å². The molecule has 0 unspecified atom stereocenters. The van der Waals surface area contributed by atoms with Crippen LogP contribution in [-0.2, 0) is 6.54 Å². The first-order valence-corrected chi connectivity index (χ1v) is 10.9. The summed E-state index contributed by atoms with van der Waals surface area (Å²) in [6, 6.07) is 11.2. The molecule has 0 N–H and O–H groups in total. The van der Waals surface area contributed by atoms with Gasteiger partial charge < -0.3 is 4.42 Å². The fraction of sp³-hybridized carbons (Fsp3) is 0.292. The van der Waals surface area contributed by atoms with Gasteiger partial charge in [0.25, 0.3) is 5.56 Å². The van der Waals surface area contributed by atoms with E-state index in [4.69, 9.17) is 19.4 Å². The number of nitrogens with zero attached hydrogens (tertiary/aromatic N) is 6. The van der Waals surface area contributed by atoms with Gasteiger partial charge in [-0.15, -0.1) is 0 Å². The van der Waals surface area contributed by atoms with Crippen LogP contribution in [0.3, 0.4) is 0 Å². The molecular weight excluding hydrogens is 404 g/mol. The number of hydrogen-bond donors (Lipinski definition) is 0. The molecule has 8 nitrogen and oxygen atoms in total. The third-order valence-electron chi connectivity index (χ3n) is 5.61. The van der Waals surface area contributed by atoms with E-state index in [1.54, 1.807) is 33.9 Å². The van der Waals surface area contributed by atoms with E-state index in [9.17, 15) is 4.79 Å². The van der Waals surface area contributed by atoms with Crippen LogP contribution in [0.1, 0.15) is 44.2 Å². The van der Waals surface area contributed by atoms with Gasteiger partial charge >= 0.3 is 0 Å². The summed E-state index contributed by atoms with van der Waals surface area (Å²) in [6.07, 6.45) is 7.49. The van der Waals surface area contributed by atoms with Crippen LogP contribution in [0.25, 0.3) is 33.2 Å². The largest absolute Gasteiger partial charge is 0.463 e. The monoisotopic (exact) mass is 428 g/mol. The van der Waals surface area contributed by atoms with Gasteiger partial charge in [0.15, 0.2) is 11.3 Å². The average molecular weight is 428 g/mol. The van der Waals surface area contributed by atoms with Gasteiger partial charge in [-0.1, -0.05) is 38.3 Å². The zero-order valence-corrected chi connectivity index (χ0v) is 18.2. The summed E-state index contributed by atoms with van der Waals surface area (Å²) < 4.78 is 8.70. The molecule has 0 spiro atoms. The van der Waals surface area contributed by atoms with Gasteiger partial charge in [0.1, 0.15) is 22.5 Å². The van der Waals surface area contributed by atoms with Gasteiger partial charge in [-0.25, -0.2) is 15.0 Å². The molecule has 0 amide bonds. The lowest BCUT2D eigenvalue weighted by atomic mass is 10.2. The third-order valence-corrected chi connectivity index (χ3v) is 5.61. The van der Waals surface area contributed by atoms with E-state index in [1.807, 2.05) is 31.2 Å². The number of benzene rings is 1. The van der Waals surface area contributed by atoms with Crippen molar-refractivity contribution in [2.45, 2.75) is 46.1 Å². The molecule has 0 aliphatic rings. The van der Waals surface area contributed by atoms with Crippen LogP contribution >= 0.6 is 0 Å². The van der Waals surface area contributed by atoms with E-state index in [2.05, 4.69) is 12.0 Å². The summed E-state index contributed by atoms with van der Waals surface area (Å²) in [5.74, 6) is 1.25. The minimum Gasteiger partial charge on any atom is -0.463 e. The van der Waals surface area contributed by atoms with Crippen LogP contribution in [0.5, 0.6) is 0 Å². The van der Waals surface area contributed by atoms with Crippen molar-refractivity contribution in [1.29, 1.82) is 0 Å².